The summed E-state index contributed by atoms with van der Waals surface area (Å²) in [6.07, 6.45) is 0.394. The van der Waals surface area contributed by atoms with Gasteiger partial charge >= 0.3 is 0 Å². The van der Waals surface area contributed by atoms with Gasteiger partial charge in [0, 0.05) is 13.2 Å². The molecule has 0 bridgehead atoms. The van der Waals surface area contributed by atoms with Crippen molar-refractivity contribution < 1.29 is 14.6 Å². The summed E-state index contributed by atoms with van der Waals surface area (Å²) in [5.41, 5.74) is 3.86. The molecule has 0 aliphatic carbocycles. The van der Waals surface area contributed by atoms with Crippen LogP contribution in [-0.4, -0.2) is 30.7 Å². The van der Waals surface area contributed by atoms with Crippen LogP contribution in [0.4, 0.5) is 0 Å². The number of aryl methyl sites for hydroxylation is 2. The third-order valence-corrected chi connectivity index (χ3v) is 3.31. The Kier molecular flexibility index (Phi) is 7.06. The largest absolute Gasteiger partial charge is 0.388 e. The molecule has 19 heavy (non-hydrogen) atoms. The van der Waals surface area contributed by atoms with E-state index in [-0.39, 0.29) is 0 Å². The Morgan fingerprint density at radius 2 is 1.58 bits per heavy atom. The lowest BCUT2D eigenvalue weighted by Gasteiger charge is -2.23. The van der Waals surface area contributed by atoms with E-state index in [1.54, 1.807) is 0 Å². The Morgan fingerprint density at radius 1 is 1.05 bits per heavy atom. The summed E-state index contributed by atoms with van der Waals surface area (Å²) in [7, 11) is 0. The molecular formula is C16H26O3. The van der Waals surface area contributed by atoms with E-state index in [4.69, 9.17) is 9.47 Å². The Morgan fingerprint density at radius 3 is 2.05 bits per heavy atom. The van der Waals surface area contributed by atoms with Gasteiger partial charge in [0.15, 0.2) is 6.29 Å². The van der Waals surface area contributed by atoms with Crippen molar-refractivity contribution >= 4 is 0 Å². The molecule has 0 spiro atoms. The summed E-state index contributed by atoms with van der Waals surface area (Å²) in [4.78, 5) is 0. The van der Waals surface area contributed by atoms with Gasteiger partial charge in [0.1, 0.15) is 6.10 Å². The van der Waals surface area contributed by atoms with Crippen LogP contribution in [-0.2, 0) is 15.9 Å². The maximum Gasteiger partial charge on any atom is 0.183 e. The smallest absolute Gasteiger partial charge is 0.183 e. The number of ether oxygens (including phenoxy) is 2. The second-order valence-corrected chi connectivity index (χ2v) is 4.76. The molecule has 0 aromatic heterocycles. The van der Waals surface area contributed by atoms with Crippen molar-refractivity contribution in [2.24, 2.45) is 0 Å². The third-order valence-electron chi connectivity index (χ3n) is 3.31. The minimum atomic E-state index is -0.584. The number of aliphatic hydroxyl groups is 1. The molecule has 1 rings (SSSR count). The number of aliphatic hydroxyl groups excluding tert-OH is 1. The highest BCUT2D eigenvalue weighted by molar-refractivity contribution is 5.33. The first-order chi connectivity index (χ1) is 9.10. The van der Waals surface area contributed by atoms with Crippen molar-refractivity contribution in [2.45, 2.75) is 52.9 Å². The molecule has 1 atom stereocenters. The molecule has 1 aromatic carbocycles. The second-order valence-electron chi connectivity index (χ2n) is 4.76. The van der Waals surface area contributed by atoms with Crippen molar-refractivity contribution in [3.05, 3.63) is 34.9 Å². The highest BCUT2D eigenvalue weighted by atomic mass is 16.7. The van der Waals surface area contributed by atoms with Gasteiger partial charge in [-0.15, -0.1) is 0 Å². The first-order valence-electron chi connectivity index (χ1n) is 7.06. The molecule has 0 aliphatic rings. The molecule has 3 heteroatoms. The van der Waals surface area contributed by atoms with E-state index in [1.165, 1.54) is 16.7 Å². The zero-order chi connectivity index (χ0) is 14.3. The summed E-state index contributed by atoms with van der Waals surface area (Å²) < 4.78 is 10.8. The van der Waals surface area contributed by atoms with E-state index in [0.29, 0.717) is 19.6 Å². The molecule has 1 N–H and O–H groups in total. The van der Waals surface area contributed by atoms with Gasteiger partial charge in [-0.05, 0) is 57.2 Å². The fourth-order valence-corrected chi connectivity index (χ4v) is 2.27. The second kappa shape index (κ2) is 8.31. The van der Waals surface area contributed by atoms with Crippen LogP contribution >= 0.6 is 0 Å². The lowest BCUT2D eigenvalue weighted by molar-refractivity contribution is -0.190. The van der Waals surface area contributed by atoms with Crippen LogP contribution in [0.5, 0.6) is 0 Å². The predicted octanol–water partition coefficient (Wildman–Crippen LogP) is 3.00. The molecule has 0 saturated heterocycles. The average molecular weight is 266 g/mol. The molecule has 3 nitrogen and oxygen atoms in total. The number of hydrogen-bond donors (Lipinski definition) is 1. The zero-order valence-electron chi connectivity index (χ0n) is 12.5. The van der Waals surface area contributed by atoms with Gasteiger partial charge in [-0.1, -0.05) is 18.2 Å². The molecule has 0 fully saturated rings. The van der Waals surface area contributed by atoms with E-state index in [0.717, 1.165) is 6.42 Å². The van der Waals surface area contributed by atoms with E-state index >= 15 is 0 Å². The normalized spacial score (nSPS) is 12.9. The first kappa shape index (κ1) is 16.2. The summed E-state index contributed by atoms with van der Waals surface area (Å²) in [5.74, 6) is 0. The van der Waals surface area contributed by atoms with Crippen LogP contribution in [0.15, 0.2) is 18.2 Å². The molecule has 0 saturated carbocycles. The van der Waals surface area contributed by atoms with Gasteiger partial charge in [0.2, 0.25) is 0 Å². The number of hydrogen-bond acceptors (Lipinski definition) is 3. The molecule has 0 radical (unpaired) electrons. The standard InChI is InChI=1S/C16H26O3/c1-5-18-16(19-6-2)15(17)11-10-14-12(3)8-7-9-13(14)4/h7-9,15-17H,5-6,10-11H2,1-4H3. The molecule has 1 unspecified atom stereocenters. The Balaban J connectivity index is 2.59. The van der Waals surface area contributed by atoms with E-state index in [1.807, 2.05) is 13.8 Å². The van der Waals surface area contributed by atoms with Gasteiger partial charge in [-0.2, -0.15) is 0 Å². The van der Waals surface area contributed by atoms with Crippen LogP contribution in [0, 0.1) is 13.8 Å². The van der Waals surface area contributed by atoms with Crippen molar-refractivity contribution in [3.63, 3.8) is 0 Å². The van der Waals surface area contributed by atoms with Crippen LogP contribution in [0.3, 0.4) is 0 Å². The zero-order valence-corrected chi connectivity index (χ0v) is 12.5. The van der Waals surface area contributed by atoms with E-state index in [9.17, 15) is 5.11 Å². The topological polar surface area (TPSA) is 38.7 Å². The highest BCUT2D eigenvalue weighted by Crippen LogP contribution is 2.17. The Bertz CT molecular complexity index is 350. The maximum absolute atomic E-state index is 10.2. The molecule has 0 amide bonds. The SMILES string of the molecule is CCOC(OCC)C(O)CCc1c(C)cccc1C. The maximum atomic E-state index is 10.2. The summed E-state index contributed by atoms with van der Waals surface area (Å²) in [5, 5.41) is 10.2. The predicted molar refractivity (Wildman–Crippen MR) is 77.3 cm³/mol. The van der Waals surface area contributed by atoms with Gasteiger partial charge < -0.3 is 14.6 Å². The van der Waals surface area contributed by atoms with Crippen LogP contribution in [0.25, 0.3) is 0 Å². The quantitative estimate of drug-likeness (QED) is 0.735. The summed E-state index contributed by atoms with van der Waals surface area (Å²) in [6, 6.07) is 6.28. The number of benzene rings is 1. The average Bonchev–Trinajstić information content (AvgIpc) is 2.37. The summed E-state index contributed by atoms with van der Waals surface area (Å²) in [6.45, 7) is 9.12. The lowest BCUT2D eigenvalue weighted by atomic mass is 9.97. The van der Waals surface area contributed by atoms with E-state index < -0.39 is 12.4 Å². The highest BCUT2D eigenvalue weighted by Gasteiger charge is 2.19. The molecular weight excluding hydrogens is 240 g/mol. The van der Waals surface area contributed by atoms with Crippen molar-refractivity contribution in [1.82, 2.24) is 0 Å². The molecule has 108 valence electrons. The van der Waals surface area contributed by atoms with Crippen molar-refractivity contribution in [2.75, 3.05) is 13.2 Å². The van der Waals surface area contributed by atoms with Crippen LogP contribution in [0.2, 0.25) is 0 Å². The minimum absolute atomic E-state index is 0.515. The van der Waals surface area contributed by atoms with Crippen LogP contribution < -0.4 is 0 Å². The van der Waals surface area contributed by atoms with Gasteiger partial charge in [0.05, 0.1) is 0 Å². The lowest BCUT2D eigenvalue weighted by Crippen LogP contribution is -2.32. The molecule has 0 heterocycles. The third kappa shape index (κ3) is 4.94. The summed E-state index contributed by atoms with van der Waals surface area (Å²) >= 11 is 0. The monoisotopic (exact) mass is 266 g/mol. The molecule has 1 aromatic rings. The van der Waals surface area contributed by atoms with Crippen LogP contribution in [0.1, 0.15) is 37.0 Å². The number of rotatable bonds is 8. The van der Waals surface area contributed by atoms with Gasteiger partial charge in [-0.3, -0.25) is 0 Å². The molecule has 0 aliphatic heterocycles. The Labute approximate surface area is 116 Å². The van der Waals surface area contributed by atoms with Crippen molar-refractivity contribution in [1.29, 1.82) is 0 Å². The fraction of sp³-hybridized carbons (Fsp3) is 0.625. The minimum Gasteiger partial charge on any atom is -0.388 e. The van der Waals surface area contributed by atoms with Gasteiger partial charge in [0.25, 0.3) is 0 Å². The fourth-order valence-electron chi connectivity index (χ4n) is 2.27. The van der Waals surface area contributed by atoms with E-state index in [2.05, 4.69) is 32.0 Å². The van der Waals surface area contributed by atoms with Crippen molar-refractivity contribution in [3.8, 4) is 0 Å². The first-order valence-corrected chi connectivity index (χ1v) is 7.06. The van der Waals surface area contributed by atoms with Gasteiger partial charge in [-0.25, -0.2) is 0 Å². The Hall–Kier alpha value is -0.900.